The zero-order chi connectivity index (χ0) is 20.5. The Hall–Kier alpha value is -1.54. The van der Waals surface area contributed by atoms with Gasteiger partial charge in [0, 0.05) is 25.0 Å². The van der Waals surface area contributed by atoms with E-state index in [9.17, 15) is 22.0 Å². The van der Waals surface area contributed by atoms with Gasteiger partial charge in [0.25, 0.3) is 0 Å². The summed E-state index contributed by atoms with van der Waals surface area (Å²) in [6.07, 6.45) is 4.13. The molecule has 1 aromatic carbocycles. The van der Waals surface area contributed by atoms with Gasteiger partial charge in [-0.1, -0.05) is 26.7 Å². The first-order valence-electron chi connectivity index (χ1n) is 9.95. The van der Waals surface area contributed by atoms with Gasteiger partial charge in [0.1, 0.15) is 0 Å². The number of nitrogens with zero attached hydrogens (tertiary/aromatic N) is 1. The fraction of sp³-hybridized carbons (Fsp3) is 0.650. The zero-order valence-corrected chi connectivity index (χ0v) is 17.1. The molecule has 1 saturated heterocycles. The Balaban J connectivity index is 1.59. The van der Waals surface area contributed by atoms with Gasteiger partial charge >= 0.3 is 0 Å². The summed E-state index contributed by atoms with van der Waals surface area (Å²) in [5.41, 5.74) is 0. The minimum absolute atomic E-state index is 0.00387. The van der Waals surface area contributed by atoms with Crippen LogP contribution in [-0.4, -0.2) is 37.8 Å². The third-order valence-corrected chi connectivity index (χ3v) is 8.28. The second-order valence-electron chi connectivity index (χ2n) is 8.14. The van der Waals surface area contributed by atoms with Crippen LogP contribution >= 0.6 is 0 Å². The second-order valence-corrected chi connectivity index (χ2v) is 10.1. The van der Waals surface area contributed by atoms with E-state index in [1.807, 2.05) is 0 Å². The number of nitrogens with one attached hydrogen (secondary N) is 1. The summed E-state index contributed by atoms with van der Waals surface area (Å²) in [4.78, 5) is 12.4. The second kappa shape index (κ2) is 8.45. The number of hydrogen-bond donors (Lipinski definition) is 1. The molecular formula is C20H28F2N2O3S. The lowest BCUT2D eigenvalue weighted by Gasteiger charge is -2.36. The topological polar surface area (TPSA) is 66.5 Å². The summed E-state index contributed by atoms with van der Waals surface area (Å²) in [6.45, 7) is 4.77. The number of carbonyl (C=O) groups excluding carboxylic acids is 1. The standard InChI is InChI=1S/C20H28F2N2O3S/c1-13-4-3-5-19(14(13)2)23-20(25)15-8-10-24(11-9-15)28(26,27)16-6-7-17(21)18(22)12-16/h6-7,12-15,19H,3-5,8-11H2,1-2H3,(H,23,25)/t13-,14+,19+/m1/s1. The van der Waals surface area contributed by atoms with E-state index in [2.05, 4.69) is 19.2 Å². The number of amides is 1. The minimum Gasteiger partial charge on any atom is -0.353 e. The van der Waals surface area contributed by atoms with Crippen LogP contribution in [0.1, 0.15) is 46.0 Å². The van der Waals surface area contributed by atoms with Gasteiger partial charge < -0.3 is 5.32 Å². The molecule has 1 saturated carbocycles. The SMILES string of the molecule is C[C@H]1[C@H](C)CCC[C@@H]1NC(=O)C1CCN(S(=O)(=O)c2ccc(F)c(F)c2)CC1. The van der Waals surface area contributed by atoms with Crippen LogP contribution < -0.4 is 5.32 Å². The monoisotopic (exact) mass is 414 g/mol. The normalized spacial score (nSPS) is 27.5. The zero-order valence-electron chi connectivity index (χ0n) is 16.3. The summed E-state index contributed by atoms with van der Waals surface area (Å²) in [6, 6.07) is 2.77. The highest BCUT2D eigenvalue weighted by Gasteiger charge is 2.34. The maximum Gasteiger partial charge on any atom is 0.243 e. The molecule has 1 aromatic rings. The average Bonchev–Trinajstić information content (AvgIpc) is 2.67. The van der Waals surface area contributed by atoms with Gasteiger partial charge in [-0.2, -0.15) is 4.31 Å². The molecule has 5 nitrogen and oxygen atoms in total. The molecule has 0 aromatic heterocycles. The van der Waals surface area contributed by atoms with Crippen molar-refractivity contribution in [3.8, 4) is 0 Å². The van der Waals surface area contributed by atoms with E-state index >= 15 is 0 Å². The molecule has 1 amide bonds. The third-order valence-electron chi connectivity index (χ3n) is 6.39. The Labute approximate surface area is 165 Å². The van der Waals surface area contributed by atoms with Gasteiger partial charge in [-0.05, 0) is 49.3 Å². The Morgan fingerprint density at radius 1 is 1.07 bits per heavy atom. The van der Waals surface area contributed by atoms with Crippen molar-refractivity contribution in [2.75, 3.05) is 13.1 Å². The summed E-state index contributed by atoms with van der Waals surface area (Å²) in [7, 11) is -3.90. The van der Waals surface area contributed by atoms with Gasteiger partial charge in [-0.25, -0.2) is 17.2 Å². The van der Waals surface area contributed by atoms with Crippen molar-refractivity contribution in [3.63, 3.8) is 0 Å². The molecule has 1 N–H and O–H groups in total. The fourth-order valence-electron chi connectivity index (χ4n) is 4.23. The number of carbonyl (C=O) groups is 1. The predicted octanol–water partition coefficient (Wildman–Crippen LogP) is 3.31. The first-order valence-corrected chi connectivity index (χ1v) is 11.4. The van der Waals surface area contributed by atoms with Crippen molar-refractivity contribution >= 4 is 15.9 Å². The molecule has 0 unspecified atom stereocenters. The number of rotatable bonds is 4. The van der Waals surface area contributed by atoms with Gasteiger partial charge in [0.15, 0.2) is 11.6 Å². The maximum absolute atomic E-state index is 13.4. The van der Waals surface area contributed by atoms with Gasteiger partial charge in [-0.3, -0.25) is 4.79 Å². The van der Waals surface area contributed by atoms with Crippen LogP contribution in [0.5, 0.6) is 0 Å². The highest BCUT2D eigenvalue weighted by molar-refractivity contribution is 7.89. The molecule has 3 atom stereocenters. The number of piperidine rings is 1. The fourth-order valence-corrected chi connectivity index (χ4v) is 5.71. The van der Waals surface area contributed by atoms with E-state index in [0.29, 0.717) is 30.7 Å². The summed E-state index contributed by atoms with van der Waals surface area (Å²) >= 11 is 0. The molecular weight excluding hydrogens is 386 g/mol. The first kappa shape index (κ1) is 21.2. The number of benzene rings is 1. The number of hydrogen-bond acceptors (Lipinski definition) is 3. The highest BCUT2D eigenvalue weighted by Crippen LogP contribution is 2.30. The predicted molar refractivity (Wildman–Crippen MR) is 102 cm³/mol. The van der Waals surface area contributed by atoms with Crippen LogP contribution in [0.3, 0.4) is 0 Å². The molecule has 0 bridgehead atoms. The van der Waals surface area contributed by atoms with Crippen molar-refractivity contribution in [1.82, 2.24) is 9.62 Å². The van der Waals surface area contributed by atoms with E-state index in [4.69, 9.17) is 0 Å². The molecule has 28 heavy (non-hydrogen) atoms. The van der Waals surface area contributed by atoms with Crippen molar-refractivity contribution in [1.29, 1.82) is 0 Å². The molecule has 1 heterocycles. The molecule has 0 radical (unpaired) electrons. The van der Waals surface area contributed by atoms with Gasteiger partial charge in [0.2, 0.25) is 15.9 Å². The Morgan fingerprint density at radius 3 is 2.39 bits per heavy atom. The molecule has 156 valence electrons. The van der Waals surface area contributed by atoms with E-state index in [1.165, 1.54) is 10.7 Å². The average molecular weight is 415 g/mol. The van der Waals surface area contributed by atoms with E-state index in [1.54, 1.807) is 0 Å². The molecule has 3 rings (SSSR count). The summed E-state index contributed by atoms with van der Waals surface area (Å²) in [5, 5.41) is 3.17. The lowest BCUT2D eigenvalue weighted by molar-refractivity contribution is -0.127. The Kier molecular flexibility index (Phi) is 6.39. The van der Waals surface area contributed by atoms with Crippen LogP contribution in [0.4, 0.5) is 8.78 Å². The summed E-state index contributed by atoms with van der Waals surface area (Å²) in [5.74, 6) is -1.47. The summed E-state index contributed by atoms with van der Waals surface area (Å²) < 4.78 is 53.1. The lowest BCUT2D eigenvalue weighted by atomic mass is 9.78. The Bertz CT molecular complexity index is 823. The quantitative estimate of drug-likeness (QED) is 0.822. The van der Waals surface area contributed by atoms with Crippen LogP contribution in [-0.2, 0) is 14.8 Å². The largest absolute Gasteiger partial charge is 0.353 e. The first-order chi connectivity index (χ1) is 13.2. The van der Waals surface area contributed by atoms with Gasteiger partial charge in [-0.15, -0.1) is 0 Å². The van der Waals surface area contributed by atoms with E-state index in [0.717, 1.165) is 25.0 Å². The minimum atomic E-state index is -3.90. The smallest absolute Gasteiger partial charge is 0.243 e. The number of halogens is 2. The van der Waals surface area contributed by atoms with Crippen molar-refractivity contribution in [2.24, 2.45) is 17.8 Å². The van der Waals surface area contributed by atoms with Crippen LogP contribution in [0.2, 0.25) is 0 Å². The van der Waals surface area contributed by atoms with Crippen LogP contribution in [0.25, 0.3) is 0 Å². The highest BCUT2D eigenvalue weighted by atomic mass is 32.2. The Morgan fingerprint density at radius 2 is 1.75 bits per heavy atom. The van der Waals surface area contributed by atoms with Crippen molar-refractivity contribution in [2.45, 2.75) is 56.9 Å². The lowest BCUT2D eigenvalue weighted by Crippen LogP contribution is -2.48. The molecule has 2 fully saturated rings. The molecule has 1 aliphatic heterocycles. The van der Waals surface area contributed by atoms with Crippen LogP contribution in [0, 0.1) is 29.4 Å². The van der Waals surface area contributed by atoms with Crippen LogP contribution in [0.15, 0.2) is 23.1 Å². The van der Waals surface area contributed by atoms with E-state index in [-0.39, 0.29) is 35.9 Å². The molecule has 2 aliphatic rings. The number of sulfonamides is 1. The third kappa shape index (κ3) is 4.38. The molecule has 0 spiro atoms. The maximum atomic E-state index is 13.4. The van der Waals surface area contributed by atoms with Crippen molar-refractivity contribution < 1.29 is 22.0 Å². The van der Waals surface area contributed by atoms with E-state index < -0.39 is 21.7 Å². The molecule has 1 aliphatic carbocycles. The van der Waals surface area contributed by atoms with Crippen molar-refractivity contribution in [3.05, 3.63) is 29.8 Å². The molecule has 8 heteroatoms. The van der Waals surface area contributed by atoms with Gasteiger partial charge in [0.05, 0.1) is 4.90 Å².